The molecule has 1 aliphatic carbocycles. The van der Waals surface area contributed by atoms with Crippen LogP contribution in [-0.4, -0.2) is 41.6 Å². The van der Waals surface area contributed by atoms with E-state index in [1.807, 2.05) is 0 Å². The number of rotatable bonds is 6. The minimum Gasteiger partial charge on any atom is -0.484 e. The van der Waals surface area contributed by atoms with Crippen LogP contribution >= 0.6 is 0 Å². The van der Waals surface area contributed by atoms with Gasteiger partial charge in [-0.25, -0.2) is 0 Å². The molecule has 1 atom stereocenters. The zero-order valence-electron chi connectivity index (χ0n) is 15.1. The van der Waals surface area contributed by atoms with Crippen molar-refractivity contribution in [2.45, 2.75) is 45.1 Å². The fraction of sp³-hybridized carbons (Fsp3) is 0.526. The van der Waals surface area contributed by atoms with Gasteiger partial charge in [0.1, 0.15) is 12.5 Å². The van der Waals surface area contributed by atoms with E-state index in [1.54, 1.807) is 0 Å². The molecule has 2 fully saturated rings. The van der Waals surface area contributed by atoms with Crippen molar-refractivity contribution in [2.24, 2.45) is 5.92 Å². The van der Waals surface area contributed by atoms with E-state index in [0.717, 1.165) is 12.8 Å². The molecule has 1 aromatic carbocycles. The Morgan fingerprint density at radius 3 is 2.56 bits per heavy atom. The molecule has 1 saturated carbocycles. The predicted molar refractivity (Wildman–Crippen MR) is 94.0 cm³/mol. The molecule has 1 unspecified atom stereocenters. The van der Waals surface area contributed by atoms with Crippen molar-refractivity contribution in [1.82, 2.24) is 0 Å². The molecule has 8 heteroatoms. The van der Waals surface area contributed by atoms with Gasteiger partial charge >= 0.3 is 5.69 Å². The SMILES string of the molecule is Cc1c(C(=O)C2C(=O)CCCC2=O)ccc([N+](=O)[O-])c1OCC1CCCO1. The van der Waals surface area contributed by atoms with E-state index < -0.39 is 28.2 Å². The van der Waals surface area contributed by atoms with Gasteiger partial charge in [-0.3, -0.25) is 24.5 Å². The molecule has 0 radical (unpaired) electrons. The van der Waals surface area contributed by atoms with Crippen molar-refractivity contribution in [3.05, 3.63) is 33.4 Å². The van der Waals surface area contributed by atoms with Crippen molar-refractivity contribution in [1.29, 1.82) is 0 Å². The highest BCUT2D eigenvalue weighted by atomic mass is 16.6. The highest BCUT2D eigenvalue weighted by molar-refractivity contribution is 6.25. The van der Waals surface area contributed by atoms with Gasteiger partial charge in [-0.05, 0) is 32.3 Å². The molecule has 0 spiro atoms. The van der Waals surface area contributed by atoms with Crippen LogP contribution in [0.15, 0.2) is 12.1 Å². The zero-order valence-corrected chi connectivity index (χ0v) is 15.1. The van der Waals surface area contributed by atoms with Crippen LogP contribution in [0.1, 0.15) is 48.0 Å². The van der Waals surface area contributed by atoms with E-state index in [1.165, 1.54) is 19.1 Å². The first-order chi connectivity index (χ1) is 12.9. The molecule has 27 heavy (non-hydrogen) atoms. The fourth-order valence-corrected chi connectivity index (χ4v) is 3.58. The van der Waals surface area contributed by atoms with Crippen molar-refractivity contribution >= 4 is 23.0 Å². The smallest absolute Gasteiger partial charge is 0.311 e. The van der Waals surface area contributed by atoms with Gasteiger partial charge in [0.05, 0.1) is 11.0 Å². The second kappa shape index (κ2) is 7.96. The number of carbonyl (C=O) groups excluding carboxylic acids is 3. The van der Waals surface area contributed by atoms with Crippen LogP contribution in [0.25, 0.3) is 0 Å². The number of nitrogens with zero attached hydrogens (tertiary/aromatic N) is 1. The van der Waals surface area contributed by atoms with Crippen LogP contribution in [0.5, 0.6) is 5.75 Å². The number of benzene rings is 1. The maximum absolute atomic E-state index is 12.8. The molecule has 1 aliphatic heterocycles. The van der Waals surface area contributed by atoms with Gasteiger partial charge in [0.2, 0.25) is 5.75 Å². The number of nitro benzene ring substituents is 1. The molecule has 0 N–H and O–H groups in total. The van der Waals surface area contributed by atoms with Crippen LogP contribution < -0.4 is 4.74 Å². The molecule has 3 rings (SSSR count). The van der Waals surface area contributed by atoms with Crippen molar-refractivity contribution in [3.63, 3.8) is 0 Å². The quantitative estimate of drug-likeness (QED) is 0.325. The summed E-state index contributed by atoms with van der Waals surface area (Å²) in [6.45, 7) is 2.29. The van der Waals surface area contributed by atoms with Crippen molar-refractivity contribution in [3.8, 4) is 5.75 Å². The van der Waals surface area contributed by atoms with Gasteiger partial charge in [-0.15, -0.1) is 0 Å². The molecule has 1 heterocycles. The zero-order chi connectivity index (χ0) is 19.6. The fourth-order valence-electron chi connectivity index (χ4n) is 3.58. The molecule has 0 amide bonds. The lowest BCUT2D eigenvalue weighted by atomic mass is 9.80. The Balaban J connectivity index is 1.92. The molecule has 0 bridgehead atoms. The lowest BCUT2D eigenvalue weighted by molar-refractivity contribution is -0.386. The Bertz CT molecular complexity index is 779. The minimum atomic E-state index is -1.31. The number of ether oxygens (including phenoxy) is 2. The van der Waals surface area contributed by atoms with Crippen LogP contribution in [-0.2, 0) is 14.3 Å². The molecule has 144 valence electrons. The largest absolute Gasteiger partial charge is 0.484 e. The minimum absolute atomic E-state index is 0.0166. The first-order valence-electron chi connectivity index (χ1n) is 9.02. The van der Waals surface area contributed by atoms with Gasteiger partial charge < -0.3 is 9.47 Å². The van der Waals surface area contributed by atoms with E-state index in [-0.39, 0.29) is 48.1 Å². The summed E-state index contributed by atoms with van der Waals surface area (Å²) >= 11 is 0. The first kappa shape index (κ1) is 19.2. The molecule has 8 nitrogen and oxygen atoms in total. The Hall–Kier alpha value is -2.61. The topological polar surface area (TPSA) is 113 Å². The van der Waals surface area contributed by atoms with Gasteiger partial charge in [-0.2, -0.15) is 0 Å². The summed E-state index contributed by atoms with van der Waals surface area (Å²) in [4.78, 5) is 47.8. The summed E-state index contributed by atoms with van der Waals surface area (Å²) in [7, 11) is 0. The van der Waals surface area contributed by atoms with E-state index in [0.29, 0.717) is 13.0 Å². The van der Waals surface area contributed by atoms with E-state index in [4.69, 9.17) is 9.47 Å². The number of carbonyl (C=O) groups is 3. The standard InChI is InChI=1S/C19H21NO7/c1-11-13(18(23)17-15(21)5-2-6-16(17)22)7-8-14(20(24)25)19(11)27-10-12-4-3-9-26-12/h7-8,12,17H,2-6,9-10H2,1H3. The number of hydrogen-bond donors (Lipinski definition) is 0. The summed E-state index contributed by atoms with van der Waals surface area (Å²) in [5, 5.41) is 11.4. The van der Waals surface area contributed by atoms with Crippen LogP contribution in [0, 0.1) is 23.0 Å². The van der Waals surface area contributed by atoms with Gasteiger partial charge in [-0.1, -0.05) is 0 Å². The molecule has 0 aromatic heterocycles. The van der Waals surface area contributed by atoms with E-state index in [9.17, 15) is 24.5 Å². The summed E-state index contributed by atoms with van der Waals surface area (Å²) in [5.74, 6) is -2.73. The normalized spacial score (nSPS) is 20.7. The third-order valence-electron chi connectivity index (χ3n) is 5.04. The number of Topliss-reactive ketones (excluding diaryl/α,β-unsaturated/α-hetero) is 3. The Labute approximate surface area is 156 Å². The first-order valence-corrected chi connectivity index (χ1v) is 9.02. The van der Waals surface area contributed by atoms with E-state index >= 15 is 0 Å². The Kier molecular flexibility index (Phi) is 5.65. The maximum Gasteiger partial charge on any atom is 0.311 e. The Morgan fingerprint density at radius 2 is 1.96 bits per heavy atom. The van der Waals surface area contributed by atoms with Crippen molar-refractivity contribution in [2.75, 3.05) is 13.2 Å². The van der Waals surface area contributed by atoms with Crippen LogP contribution in [0.3, 0.4) is 0 Å². The predicted octanol–water partition coefficient (Wildman–Crippen LogP) is 2.58. The lowest BCUT2D eigenvalue weighted by Gasteiger charge is -2.20. The second-order valence-corrected chi connectivity index (χ2v) is 6.87. The van der Waals surface area contributed by atoms with Gasteiger partial charge in [0.25, 0.3) is 0 Å². The average molecular weight is 375 g/mol. The molecular weight excluding hydrogens is 354 g/mol. The highest BCUT2D eigenvalue weighted by Crippen LogP contribution is 2.35. The number of ketones is 3. The van der Waals surface area contributed by atoms with Gasteiger partial charge in [0, 0.05) is 36.6 Å². The van der Waals surface area contributed by atoms with Crippen LogP contribution in [0.4, 0.5) is 5.69 Å². The lowest BCUT2D eigenvalue weighted by Crippen LogP contribution is -2.35. The second-order valence-electron chi connectivity index (χ2n) is 6.87. The summed E-state index contributed by atoms with van der Waals surface area (Å²) in [6, 6.07) is 2.48. The molecular formula is C19H21NO7. The average Bonchev–Trinajstić information content (AvgIpc) is 3.13. The number of nitro groups is 1. The number of hydrogen-bond acceptors (Lipinski definition) is 7. The van der Waals surface area contributed by atoms with E-state index in [2.05, 4.69) is 0 Å². The summed E-state index contributed by atoms with van der Waals surface area (Å²) in [5.41, 5.74) is 0.109. The van der Waals surface area contributed by atoms with Crippen molar-refractivity contribution < 1.29 is 28.8 Å². The summed E-state index contributed by atoms with van der Waals surface area (Å²) < 4.78 is 11.1. The summed E-state index contributed by atoms with van der Waals surface area (Å²) in [6.07, 6.45) is 2.39. The Morgan fingerprint density at radius 1 is 1.26 bits per heavy atom. The third kappa shape index (κ3) is 3.90. The monoisotopic (exact) mass is 375 g/mol. The third-order valence-corrected chi connectivity index (χ3v) is 5.04. The van der Waals surface area contributed by atoms with Crippen LogP contribution in [0.2, 0.25) is 0 Å². The highest BCUT2D eigenvalue weighted by Gasteiger charge is 2.38. The molecule has 2 aliphatic rings. The molecule has 1 aromatic rings. The van der Waals surface area contributed by atoms with Gasteiger partial charge in [0.15, 0.2) is 17.3 Å². The maximum atomic E-state index is 12.8. The molecule has 1 saturated heterocycles.